The summed E-state index contributed by atoms with van der Waals surface area (Å²) in [6.07, 6.45) is 5.11. The van der Waals surface area contributed by atoms with Gasteiger partial charge in [-0.25, -0.2) is 9.97 Å². The molecule has 0 spiro atoms. The molecule has 1 fully saturated rings. The van der Waals surface area contributed by atoms with Crippen LogP contribution >= 0.6 is 0 Å². The summed E-state index contributed by atoms with van der Waals surface area (Å²) in [6, 6.07) is 12.8. The monoisotopic (exact) mass is 310 g/mol. The minimum atomic E-state index is 0.790. The third kappa shape index (κ3) is 4.76. The molecule has 0 saturated carbocycles. The first-order valence-corrected chi connectivity index (χ1v) is 8.64. The Morgan fingerprint density at radius 3 is 2.91 bits per heavy atom. The standard InChI is InChI=1S/C19H26N4/c1-2-18-12-19(22-15-21-18)20-10-8-17-9-11-23(14-17)13-16-6-4-3-5-7-16/h3-7,12,15,17H,2,8-11,13-14H2,1H3,(H,20,21,22)/t17-/m0/s1. The van der Waals surface area contributed by atoms with Gasteiger partial charge in [-0.3, -0.25) is 4.90 Å². The topological polar surface area (TPSA) is 41.0 Å². The highest BCUT2D eigenvalue weighted by Gasteiger charge is 2.21. The van der Waals surface area contributed by atoms with E-state index in [0.29, 0.717) is 0 Å². The van der Waals surface area contributed by atoms with Crippen LogP contribution in [0.15, 0.2) is 42.7 Å². The van der Waals surface area contributed by atoms with Crippen molar-refractivity contribution < 1.29 is 0 Å². The number of benzene rings is 1. The highest BCUT2D eigenvalue weighted by Crippen LogP contribution is 2.21. The largest absolute Gasteiger partial charge is 0.370 e. The van der Waals surface area contributed by atoms with E-state index >= 15 is 0 Å². The minimum Gasteiger partial charge on any atom is -0.370 e. The fraction of sp³-hybridized carbons (Fsp3) is 0.474. The number of hydrogen-bond donors (Lipinski definition) is 1. The number of nitrogens with zero attached hydrogens (tertiary/aromatic N) is 3. The molecule has 2 heterocycles. The van der Waals surface area contributed by atoms with E-state index in [-0.39, 0.29) is 0 Å². The normalized spacial score (nSPS) is 18.2. The van der Waals surface area contributed by atoms with E-state index in [1.54, 1.807) is 6.33 Å². The summed E-state index contributed by atoms with van der Waals surface area (Å²) in [4.78, 5) is 11.1. The zero-order chi connectivity index (χ0) is 15.9. The second kappa shape index (κ2) is 8.06. The SMILES string of the molecule is CCc1cc(NCC[C@H]2CCN(Cc3ccccc3)C2)ncn1. The van der Waals surface area contributed by atoms with Gasteiger partial charge < -0.3 is 5.32 Å². The second-order valence-corrected chi connectivity index (χ2v) is 6.34. The van der Waals surface area contributed by atoms with Gasteiger partial charge in [-0.05, 0) is 37.3 Å². The summed E-state index contributed by atoms with van der Waals surface area (Å²) in [6.45, 7) is 6.61. The lowest BCUT2D eigenvalue weighted by Crippen LogP contribution is -2.20. The summed E-state index contributed by atoms with van der Waals surface area (Å²) in [7, 11) is 0. The average Bonchev–Trinajstić information content (AvgIpc) is 3.03. The van der Waals surface area contributed by atoms with Crippen molar-refractivity contribution in [2.24, 2.45) is 5.92 Å². The predicted molar refractivity (Wildman–Crippen MR) is 94.3 cm³/mol. The Hall–Kier alpha value is -1.94. The maximum atomic E-state index is 4.29. The van der Waals surface area contributed by atoms with E-state index < -0.39 is 0 Å². The van der Waals surface area contributed by atoms with E-state index in [1.807, 2.05) is 0 Å². The maximum absolute atomic E-state index is 4.29. The van der Waals surface area contributed by atoms with E-state index in [2.05, 4.69) is 63.5 Å². The van der Waals surface area contributed by atoms with E-state index in [9.17, 15) is 0 Å². The van der Waals surface area contributed by atoms with Crippen LogP contribution in [0, 0.1) is 5.92 Å². The smallest absolute Gasteiger partial charge is 0.129 e. The molecule has 1 atom stereocenters. The number of aryl methyl sites for hydroxylation is 1. The molecule has 0 amide bonds. The van der Waals surface area contributed by atoms with Crippen molar-refractivity contribution in [1.29, 1.82) is 0 Å². The molecule has 23 heavy (non-hydrogen) atoms. The molecule has 1 aromatic heterocycles. The first-order valence-electron chi connectivity index (χ1n) is 8.64. The Morgan fingerprint density at radius 1 is 1.22 bits per heavy atom. The summed E-state index contributed by atoms with van der Waals surface area (Å²) in [5.74, 6) is 1.75. The lowest BCUT2D eigenvalue weighted by atomic mass is 10.1. The number of aromatic nitrogens is 2. The summed E-state index contributed by atoms with van der Waals surface area (Å²) in [5.41, 5.74) is 2.51. The highest BCUT2D eigenvalue weighted by atomic mass is 15.1. The molecule has 1 aromatic carbocycles. The van der Waals surface area contributed by atoms with Crippen molar-refractivity contribution in [3.63, 3.8) is 0 Å². The number of nitrogens with one attached hydrogen (secondary N) is 1. The number of anilines is 1. The fourth-order valence-electron chi connectivity index (χ4n) is 3.23. The van der Waals surface area contributed by atoms with Gasteiger partial charge in [-0.15, -0.1) is 0 Å². The van der Waals surface area contributed by atoms with Gasteiger partial charge in [0.25, 0.3) is 0 Å². The molecular formula is C19H26N4. The van der Waals surface area contributed by atoms with Crippen molar-refractivity contribution in [3.8, 4) is 0 Å². The predicted octanol–water partition coefficient (Wildman–Crippen LogP) is 3.36. The van der Waals surface area contributed by atoms with Gasteiger partial charge in [0.1, 0.15) is 12.1 Å². The number of hydrogen-bond acceptors (Lipinski definition) is 4. The lowest BCUT2D eigenvalue weighted by molar-refractivity contribution is 0.314. The average molecular weight is 310 g/mol. The van der Waals surface area contributed by atoms with Crippen LogP contribution in [-0.4, -0.2) is 34.5 Å². The first-order chi connectivity index (χ1) is 11.3. The molecule has 0 bridgehead atoms. The summed E-state index contributed by atoms with van der Waals surface area (Å²) >= 11 is 0. The Labute approximate surface area is 139 Å². The first kappa shape index (κ1) is 15.9. The molecule has 0 aliphatic carbocycles. The zero-order valence-electron chi connectivity index (χ0n) is 13.9. The van der Waals surface area contributed by atoms with Gasteiger partial charge in [0.15, 0.2) is 0 Å². The maximum Gasteiger partial charge on any atom is 0.129 e. The summed E-state index contributed by atoms with van der Waals surface area (Å²) in [5, 5.41) is 3.44. The molecule has 1 N–H and O–H groups in total. The molecule has 122 valence electrons. The van der Waals surface area contributed by atoms with Crippen molar-refractivity contribution in [2.75, 3.05) is 25.0 Å². The molecule has 1 aliphatic heterocycles. The third-order valence-corrected chi connectivity index (χ3v) is 4.56. The molecule has 1 saturated heterocycles. The molecule has 4 heteroatoms. The zero-order valence-corrected chi connectivity index (χ0v) is 13.9. The van der Waals surface area contributed by atoms with Crippen LogP contribution in [0.4, 0.5) is 5.82 Å². The Balaban J connectivity index is 1.40. The molecule has 4 nitrogen and oxygen atoms in total. The van der Waals surface area contributed by atoms with Gasteiger partial charge in [-0.1, -0.05) is 37.3 Å². The van der Waals surface area contributed by atoms with Crippen molar-refractivity contribution >= 4 is 5.82 Å². The molecule has 3 rings (SSSR count). The van der Waals surface area contributed by atoms with Crippen LogP contribution < -0.4 is 5.32 Å². The molecular weight excluding hydrogens is 284 g/mol. The van der Waals surface area contributed by atoms with Gasteiger partial charge in [-0.2, -0.15) is 0 Å². The van der Waals surface area contributed by atoms with Crippen molar-refractivity contribution in [2.45, 2.75) is 32.7 Å². The van der Waals surface area contributed by atoms with E-state index in [4.69, 9.17) is 0 Å². The van der Waals surface area contributed by atoms with Crippen molar-refractivity contribution in [3.05, 3.63) is 54.0 Å². The van der Waals surface area contributed by atoms with Crippen LogP contribution in [0.2, 0.25) is 0 Å². The molecule has 2 aromatic rings. The van der Waals surface area contributed by atoms with Crippen LogP contribution in [0.3, 0.4) is 0 Å². The van der Waals surface area contributed by atoms with Crippen LogP contribution in [0.1, 0.15) is 31.0 Å². The minimum absolute atomic E-state index is 0.790. The van der Waals surface area contributed by atoms with Gasteiger partial charge in [0.2, 0.25) is 0 Å². The number of rotatable bonds is 7. The fourth-order valence-corrected chi connectivity index (χ4v) is 3.23. The molecule has 0 radical (unpaired) electrons. The van der Waals surface area contributed by atoms with Crippen LogP contribution in [0.25, 0.3) is 0 Å². The van der Waals surface area contributed by atoms with Gasteiger partial charge >= 0.3 is 0 Å². The van der Waals surface area contributed by atoms with Crippen molar-refractivity contribution in [1.82, 2.24) is 14.9 Å². The Bertz CT molecular complexity index is 599. The quantitative estimate of drug-likeness (QED) is 0.851. The van der Waals surface area contributed by atoms with Gasteiger partial charge in [0, 0.05) is 31.4 Å². The van der Waals surface area contributed by atoms with E-state index in [0.717, 1.165) is 36.9 Å². The van der Waals surface area contributed by atoms with Gasteiger partial charge in [0.05, 0.1) is 0 Å². The second-order valence-electron chi connectivity index (χ2n) is 6.34. The Kier molecular flexibility index (Phi) is 5.59. The Morgan fingerprint density at radius 2 is 2.09 bits per heavy atom. The third-order valence-electron chi connectivity index (χ3n) is 4.56. The molecule has 0 unspecified atom stereocenters. The van der Waals surface area contributed by atoms with Crippen LogP contribution in [0.5, 0.6) is 0 Å². The summed E-state index contributed by atoms with van der Waals surface area (Å²) < 4.78 is 0. The van der Waals surface area contributed by atoms with Crippen LogP contribution in [-0.2, 0) is 13.0 Å². The highest BCUT2D eigenvalue weighted by molar-refractivity contribution is 5.34. The number of likely N-dealkylation sites (tertiary alicyclic amines) is 1. The molecule has 1 aliphatic rings. The lowest BCUT2D eigenvalue weighted by Gasteiger charge is -2.16. The van der Waals surface area contributed by atoms with E-state index in [1.165, 1.54) is 31.5 Å².